The lowest BCUT2D eigenvalue weighted by Gasteiger charge is -2.18. The van der Waals surface area contributed by atoms with Crippen molar-refractivity contribution in [2.45, 2.75) is 65.6 Å². The maximum Gasteiger partial charge on any atom is 0.338 e. The predicted octanol–water partition coefficient (Wildman–Crippen LogP) is 10.7. The number of aromatic nitrogens is 4. The summed E-state index contributed by atoms with van der Waals surface area (Å²) in [6.45, 7) is 13.6. The fourth-order valence-corrected chi connectivity index (χ4v) is 5.93. The zero-order valence-electron chi connectivity index (χ0n) is 32.6. The molecule has 2 aromatic heterocycles. The molecular weight excluding hydrogens is 705 g/mol. The van der Waals surface area contributed by atoms with Crippen LogP contribution in [0, 0.1) is 0 Å². The van der Waals surface area contributed by atoms with Crippen LogP contribution in [0.2, 0.25) is 0 Å². The first-order chi connectivity index (χ1) is 26.8. The minimum atomic E-state index is -0.498. The molecule has 7 aromatic rings. The first-order valence-corrected chi connectivity index (χ1v) is 18.4. The predicted molar refractivity (Wildman–Crippen MR) is 214 cm³/mol. The van der Waals surface area contributed by atoms with Crippen LogP contribution in [0.15, 0.2) is 124 Å². The van der Waals surface area contributed by atoms with Gasteiger partial charge in [-0.2, -0.15) is 0 Å². The Morgan fingerprint density at radius 2 is 0.821 bits per heavy atom. The van der Waals surface area contributed by atoms with E-state index < -0.39 is 5.97 Å². The van der Waals surface area contributed by atoms with Gasteiger partial charge >= 0.3 is 5.97 Å². The Balaban J connectivity index is 0.971. The summed E-state index contributed by atoms with van der Waals surface area (Å²) in [5.41, 5.74) is 8.02. The monoisotopic (exact) mass is 748 g/mol. The van der Waals surface area contributed by atoms with Crippen LogP contribution in [0.25, 0.3) is 45.8 Å². The molecule has 7 rings (SSSR count). The normalized spacial score (nSPS) is 11.7. The zero-order chi connectivity index (χ0) is 39.5. The number of hydrogen-bond acceptors (Lipinski definition) is 10. The van der Waals surface area contributed by atoms with Crippen molar-refractivity contribution < 1.29 is 27.8 Å². The number of rotatable bonds is 11. The van der Waals surface area contributed by atoms with Crippen molar-refractivity contribution in [2.75, 3.05) is 7.11 Å². The van der Waals surface area contributed by atoms with Crippen molar-refractivity contribution in [2.24, 2.45) is 0 Å². The smallest absolute Gasteiger partial charge is 0.338 e. The van der Waals surface area contributed by atoms with Gasteiger partial charge in [0, 0.05) is 28.3 Å². The van der Waals surface area contributed by atoms with Gasteiger partial charge in [-0.25, -0.2) is 4.79 Å². The number of ether oxygens (including phenoxy) is 3. The van der Waals surface area contributed by atoms with E-state index in [1.165, 1.54) is 18.2 Å². The van der Waals surface area contributed by atoms with Crippen LogP contribution in [0.1, 0.15) is 74.2 Å². The van der Waals surface area contributed by atoms with E-state index in [1.807, 2.05) is 72.8 Å². The van der Waals surface area contributed by atoms with Gasteiger partial charge in [-0.05, 0) is 93.7 Å². The average molecular weight is 749 g/mol. The SMILES string of the molecule is COC(=O)c1cc(OCc2ccc(-c3nnc(-c4ccc(C(C)(C)C)cc4)o3)cc2)cc(OCc2ccc(-c3nnc(-c4ccc(C(C)(C)C)cc4)o3)cc2)c1. The minimum Gasteiger partial charge on any atom is -0.489 e. The summed E-state index contributed by atoms with van der Waals surface area (Å²) in [6, 6.07) is 36.7. The summed E-state index contributed by atoms with van der Waals surface area (Å²) >= 11 is 0. The van der Waals surface area contributed by atoms with Gasteiger partial charge in [0.1, 0.15) is 24.7 Å². The summed E-state index contributed by atoms with van der Waals surface area (Å²) < 4.78 is 29.2. The number of esters is 1. The van der Waals surface area contributed by atoms with E-state index in [9.17, 15) is 4.79 Å². The van der Waals surface area contributed by atoms with Gasteiger partial charge in [-0.3, -0.25) is 0 Å². The third-order valence-corrected chi connectivity index (χ3v) is 9.36. The molecule has 0 aliphatic rings. The molecule has 0 saturated carbocycles. The minimum absolute atomic E-state index is 0.0593. The second kappa shape index (κ2) is 15.7. The van der Waals surface area contributed by atoms with Crippen molar-refractivity contribution in [3.05, 3.63) is 143 Å². The highest BCUT2D eigenvalue weighted by molar-refractivity contribution is 5.90. The molecule has 0 atom stereocenters. The highest BCUT2D eigenvalue weighted by Crippen LogP contribution is 2.31. The van der Waals surface area contributed by atoms with E-state index in [-0.39, 0.29) is 24.0 Å². The lowest BCUT2D eigenvalue weighted by atomic mass is 9.87. The Morgan fingerprint density at radius 1 is 0.500 bits per heavy atom. The van der Waals surface area contributed by atoms with Gasteiger partial charge in [0.25, 0.3) is 0 Å². The number of nitrogens with zero attached hydrogens (tertiary/aromatic N) is 4. The van der Waals surface area contributed by atoms with Crippen LogP contribution >= 0.6 is 0 Å². The molecule has 56 heavy (non-hydrogen) atoms. The number of methoxy groups -OCH3 is 1. The molecule has 0 fully saturated rings. The molecule has 0 aliphatic heterocycles. The van der Waals surface area contributed by atoms with Crippen LogP contribution in [-0.2, 0) is 28.8 Å². The fourth-order valence-electron chi connectivity index (χ4n) is 5.93. The van der Waals surface area contributed by atoms with Gasteiger partial charge in [0.2, 0.25) is 23.6 Å². The van der Waals surface area contributed by atoms with Crippen LogP contribution < -0.4 is 9.47 Å². The highest BCUT2D eigenvalue weighted by atomic mass is 16.5. The van der Waals surface area contributed by atoms with E-state index in [0.717, 1.165) is 33.4 Å². The van der Waals surface area contributed by atoms with E-state index >= 15 is 0 Å². The molecule has 0 amide bonds. The maximum absolute atomic E-state index is 12.5. The average Bonchev–Trinajstić information content (AvgIpc) is 3.91. The Kier molecular flexibility index (Phi) is 10.6. The lowest BCUT2D eigenvalue weighted by molar-refractivity contribution is 0.0599. The van der Waals surface area contributed by atoms with Gasteiger partial charge in [-0.15, -0.1) is 20.4 Å². The molecule has 5 aromatic carbocycles. The van der Waals surface area contributed by atoms with E-state index in [4.69, 9.17) is 23.0 Å². The first kappa shape index (κ1) is 37.8. The molecule has 10 nitrogen and oxygen atoms in total. The van der Waals surface area contributed by atoms with Gasteiger partial charge in [0.05, 0.1) is 12.7 Å². The number of carbonyl (C=O) groups excluding carboxylic acids is 1. The van der Waals surface area contributed by atoms with Crippen molar-refractivity contribution in [1.29, 1.82) is 0 Å². The third-order valence-electron chi connectivity index (χ3n) is 9.36. The van der Waals surface area contributed by atoms with E-state index in [2.05, 4.69) is 86.2 Å². The fraction of sp³-hybridized carbons (Fsp3) is 0.239. The summed E-state index contributed by atoms with van der Waals surface area (Å²) in [7, 11) is 1.34. The molecule has 10 heteroatoms. The Morgan fingerprint density at radius 3 is 1.12 bits per heavy atom. The molecule has 0 N–H and O–H groups in total. The largest absolute Gasteiger partial charge is 0.489 e. The standard InChI is InChI=1S/C46H44N4O6/c1-45(2,3)36-20-16-33(17-21-36)42-49-47-40(55-42)31-12-8-29(9-13-31)27-53-38-24-35(44(51)52-7)25-39(26-38)54-28-30-10-14-32(15-11-30)41-48-50-43(56-41)34-18-22-37(23-19-34)46(4,5)6/h8-26H,27-28H2,1-7H3. The molecule has 0 aliphatic carbocycles. The van der Waals surface area contributed by atoms with Crippen LogP contribution in [0.4, 0.5) is 0 Å². The second-order valence-corrected chi connectivity index (χ2v) is 15.6. The van der Waals surface area contributed by atoms with Crippen LogP contribution in [0.3, 0.4) is 0 Å². The Hall–Kier alpha value is -6.55. The number of carbonyl (C=O) groups is 1. The van der Waals surface area contributed by atoms with E-state index in [1.54, 1.807) is 18.2 Å². The summed E-state index contributed by atoms with van der Waals surface area (Å²) in [5, 5.41) is 17.0. The second-order valence-electron chi connectivity index (χ2n) is 15.6. The zero-order valence-corrected chi connectivity index (χ0v) is 32.6. The van der Waals surface area contributed by atoms with Crippen molar-refractivity contribution in [3.63, 3.8) is 0 Å². The van der Waals surface area contributed by atoms with Gasteiger partial charge < -0.3 is 23.0 Å². The molecule has 0 bridgehead atoms. The van der Waals surface area contributed by atoms with Gasteiger partial charge in [-0.1, -0.05) is 90.1 Å². The van der Waals surface area contributed by atoms with Crippen LogP contribution in [-0.4, -0.2) is 33.5 Å². The highest BCUT2D eigenvalue weighted by Gasteiger charge is 2.18. The molecule has 0 spiro atoms. The van der Waals surface area contributed by atoms with Crippen molar-refractivity contribution >= 4 is 5.97 Å². The quantitative estimate of drug-likeness (QED) is 0.118. The topological polar surface area (TPSA) is 123 Å². The third kappa shape index (κ3) is 8.87. The molecule has 284 valence electrons. The van der Waals surface area contributed by atoms with Crippen LogP contribution in [0.5, 0.6) is 11.5 Å². The number of hydrogen-bond donors (Lipinski definition) is 0. The summed E-state index contributed by atoms with van der Waals surface area (Å²) in [4.78, 5) is 12.5. The lowest BCUT2D eigenvalue weighted by Crippen LogP contribution is -2.10. The molecular formula is C46H44N4O6. The Bertz CT molecular complexity index is 2260. The summed E-state index contributed by atoms with van der Waals surface area (Å²) in [6.07, 6.45) is 0. The number of benzene rings is 5. The van der Waals surface area contributed by atoms with E-state index in [0.29, 0.717) is 40.6 Å². The molecule has 0 saturated heterocycles. The summed E-state index contributed by atoms with van der Waals surface area (Å²) in [5.74, 6) is 2.20. The maximum atomic E-state index is 12.5. The molecule has 0 radical (unpaired) electrons. The first-order valence-electron chi connectivity index (χ1n) is 18.4. The van der Waals surface area contributed by atoms with Gasteiger partial charge in [0.15, 0.2) is 0 Å². The Labute approximate surface area is 326 Å². The molecule has 0 unspecified atom stereocenters. The molecule has 2 heterocycles. The van der Waals surface area contributed by atoms with Crippen molar-refractivity contribution in [1.82, 2.24) is 20.4 Å². The van der Waals surface area contributed by atoms with Crippen molar-refractivity contribution in [3.8, 4) is 57.3 Å².